The lowest BCUT2D eigenvalue weighted by molar-refractivity contribution is -0.151. The van der Waals surface area contributed by atoms with Gasteiger partial charge in [-0.05, 0) is 27.7 Å². The molecule has 4 nitrogen and oxygen atoms in total. The lowest BCUT2D eigenvalue weighted by Crippen LogP contribution is -2.55. The summed E-state index contributed by atoms with van der Waals surface area (Å²) >= 11 is 4.93. The van der Waals surface area contributed by atoms with Crippen LogP contribution >= 0.6 is 12.2 Å². The number of hydrogen-bond acceptors (Lipinski definition) is 3. The number of nitrogens with zero attached hydrogens (tertiary/aromatic N) is 1. The Morgan fingerprint density at radius 3 is 2.50 bits per heavy atom. The monoisotopic (exact) mass is 244 g/mol. The zero-order valence-corrected chi connectivity index (χ0v) is 11.2. The zero-order valence-electron chi connectivity index (χ0n) is 10.4. The molecule has 0 unspecified atom stereocenters. The molecule has 1 aliphatic rings. The summed E-state index contributed by atoms with van der Waals surface area (Å²) in [5.41, 5.74) is 4.53. The maximum atomic E-state index is 12.3. The number of nitrogens with two attached hydrogens (primary N) is 1. The number of rotatable bonds is 2. The quantitative estimate of drug-likeness (QED) is 0.734. The normalized spacial score (nSPS) is 20.6. The molecule has 0 aromatic rings. The molecule has 0 saturated carbocycles. The minimum atomic E-state index is -0.775. The van der Waals surface area contributed by atoms with Crippen molar-refractivity contribution in [1.82, 2.24) is 4.90 Å². The van der Waals surface area contributed by atoms with E-state index >= 15 is 0 Å². The average Bonchev–Trinajstić information content (AvgIpc) is 2.14. The molecule has 0 aromatic heterocycles. The van der Waals surface area contributed by atoms with Crippen LogP contribution < -0.4 is 5.73 Å². The van der Waals surface area contributed by atoms with Crippen LogP contribution in [0.15, 0.2) is 0 Å². The number of hydrogen-bond donors (Lipinski definition) is 1. The van der Waals surface area contributed by atoms with Crippen molar-refractivity contribution >= 4 is 23.1 Å². The van der Waals surface area contributed by atoms with Crippen LogP contribution in [0.2, 0.25) is 0 Å². The van der Waals surface area contributed by atoms with Crippen molar-refractivity contribution in [2.45, 2.75) is 33.3 Å². The number of amides is 1. The third-order valence-electron chi connectivity index (χ3n) is 2.86. The Morgan fingerprint density at radius 1 is 1.50 bits per heavy atom. The second kappa shape index (κ2) is 4.30. The fourth-order valence-corrected chi connectivity index (χ4v) is 1.78. The van der Waals surface area contributed by atoms with Crippen LogP contribution in [-0.2, 0) is 9.53 Å². The molecule has 0 spiro atoms. The van der Waals surface area contributed by atoms with Gasteiger partial charge in [0, 0.05) is 13.1 Å². The highest BCUT2D eigenvalue weighted by atomic mass is 32.1. The van der Waals surface area contributed by atoms with Crippen LogP contribution in [0.3, 0.4) is 0 Å². The summed E-state index contributed by atoms with van der Waals surface area (Å²) in [6, 6.07) is 0. The fraction of sp³-hybridized carbons (Fsp3) is 0.818. The van der Waals surface area contributed by atoms with E-state index < -0.39 is 5.41 Å². The largest absolute Gasteiger partial charge is 0.392 e. The highest BCUT2D eigenvalue weighted by molar-refractivity contribution is 7.80. The zero-order chi connectivity index (χ0) is 12.6. The third kappa shape index (κ3) is 2.71. The SMILES string of the molecule is CC1(C)CN(C(=O)C(C)(C)C(N)=S)CCO1. The number of thiocarbonyl (C=S) groups is 1. The van der Waals surface area contributed by atoms with Gasteiger partial charge in [0.05, 0.1) is 22.6 Å². The van der Waals surface area contributed by atoms with E-state index in [1.165, 1.54) is 0 Å². The van der Waals surface area contributed by atoms with Crippen molar-refractivity contribution in [2.24, 2.45) is 11.1 Å². The summed E-state index contributed by atoms with van der Waals surface area (Å²) in [6.07, 6.45) is 0. The first kappa shape index (κ1) is 13.4. The van der Waals surface area contributed by atoms with Gasteiger partial charge in [0.15, 0.2) is 0 Å². The summed E-state index contributed by atoms with van der Waals surface area (Å²) in [6.45, 7) is 9.22. The number of morpholine rings is 1. The lowest BCUT2D eigenvalue weighted by Gasteiger charge is -2.41. The third-order valence-corrected chi connectivity index (χ3v) is 3.37. The summed E-state index contributed by atoms with van der Waals surface area (Å²) in [7, 11) is 0. The van der Waals surface area contributed by atoms with E-state index in [1.54, 1.807) is 18.7 Å². The second-order valence-electron chi connectivity index (χ2n) is 5.32. The molecule has 92 valence electrons. The Labute approximate surface area is 102 Å². The van der Waals surface area contributed by atoms with Crippen molar-refractivity contribution in [3.05, 3.63) is 0 Å². The maximum absolute atomic E-state index is 12.3. The predicted octanol–water partition coefficient (Wildman–Crippen LogP) is 0.936. The average molecular weight is 244 g/mol. The second-order valence-corrected chi connectivity index (χ2v) is 5.76. The van der Waals surface area contributed by atoms with E-state index in [4.69, 9.17) is 22.7 Å². The smallest absolute Gasteiger partial charge is 0.235 e. The van der Waals surface area contributed by atoms with Crippen LogP contribution in [-0.4, -0.2) is 41.1 Å². The van der Waals surface area contributed by atoms with Gasteiger partial charge in [0.2, 0.25) is 5.91 Å². The van der Waals surface area contributed by atoms with Gasteiger partial charge >= 0.3 is 0 Å². The highest BCUT2D eigenvalue weighted by Gasteiger charge is 2.38. The van der Waals surface area contributed by atoms with Gasteiger partial charge in [0.25, 0.3) is 0 Å². The molecule has 1 saturated heterocycles. The van der Waals surface area contributed by atoms with E-state index in [2.05, 4.69) is 0 Å². The van der Waals surface area contributed by atoms with Crippen LogP contribution in [0.5, 0.6) is 0 Å². The molecule has 1 fully saturated rings. The summed E-state index contributed by atoms with van der Waals surface area (Å²) < 4.78 is 5.56. The van der Waals surface area contributed by atoms with Crippen LogP contribution in [0.1, 0.15) is 27.7 Å². The van der Waals surface area contributed by atoms with Crippen molar-refractivity contribution in [3.8, 4) is 0 Å². The molecule has 5 heteroatoms. The molecule has 1 rings (SSSR count). The number of carbonyl (C=O) groups excluding carboxylic acids is 1. The molecule has 1 heterocycles. The maximum Gasteiger partial charge on any atom is 0.235 e. The predicted molar refractivity (Wildman–Crippen MR) is 67.2 cm³/mol. The number of ether oxygens (including phenoxy) is 1. The van der Waals surface area contributed by atoms with E-state index in [0.29, 0.717) is 19.7 Å². The summed E-state index contributed by atoms with van der Waals surface area (Å²) in [5.74, 6) is -0.0172. The summed E-state index contributed by atoms with van der Waals surface area (Å²) in [5, 5.41) is 0. The van der Waals surface area contributed by atoms with Crippen LogP contribution in [0, 0.1) is 5.41 Å². The molecular weight excluding hydrogens is 224 g/mol. The van der Waals surface area contributed by atoms with Gasteiger partial charge < -0.3 is 15.4 Å². The van der Waals surface area contributed by atoms with E-state index in [9.17, 15) is 4.79 Å². The van der Waals surface area contributed by atoms with Gasteiger partial charge in [-0.3, -0.25) is 4.79 Å². The van der Waals surface area contributed by atoms with Gasteiger partial charge in [0.1, 0.15) is 0 Å². The minimum Gasteiger partial charge on any atom is -0.392 e. The van der Waals surface area contributed by atoms with Gasteiger partial charge in [-0.15, -0.1) is 0 Å². The van der Waals surface area contributed by atoms with E-state index in [1.807, 2.05) is 13.8 Å². The van der Waals surface area contributed by atoms with Crippen molar-refractivity contribution in [1.29, 1.82) is 0 Å². The Bertz CT molecular complexity index is 313. The van der Waals surface area contributed by atoms with Gasteiger partial charge in [-0.2, -0.15) is 0 Å². The molecule has 1 aliphatic heterocycles. The molecule has 1 amide bonds. The lowest BCUT2D eigenvalue weighted by atomic mass is 9.90. The Kier molecular flexibility index (Phi) is 3.59. The first-order valence-corrected chi connectivity index (χ1v) is 5.81. The van der Waals surface area contributed by atoms with E-state index in [-0.39, 0.29) is 16.5 Å². The van der Waals surface area contributed by atoms with Crippen LogP contribution in [0.25, 0.3) is 0 Å². The highest BCUT2D eigenvalue weighted by Crippen LogP contribution is 2.24. The van der Waals surface area contributed by atoms with Crippen LogP contribution in [0.4, 0.5) is 0 Å². The molecule has 0 radical (unpaired) electrons. The van der Waals surface area contributed by atoms with Crippen molar-refractivity contribution in [2.75, 3.05) is 19.7 Å². The number of carbonyl (C=O) groups is 1. The van der Waals surface area contributed by atoms with Crippen molar-refractivity contribution < 1.29 is 9.53 Å². The Morgan fingerprint density at radius 2 is 2.06 bits per heavy atom. The summed E-state index contributed by atoms with van der Waals surface area (Å²) in [4.78, 5) is 14.3. The molecule has 0 bridgehead atoms. The Hall–Kier alpha value is -0.680. The molecule has 2 N–H and O–H groups in total. The molecule has 0 aliphatic carbocycles. The van der Waals surface area contributed by atoms with Gasteiger partial charge in [-0.1, -0.05) is 12.2 Å². The topological polar surface area (TPSA) is 55.6 Å². The van der Waals surface area contributed by atoms with E-state index in [0.717, 1.165) is 0 Å². The van der Waals surface area contributed by atoms with Gasteiger partial charge in [-0.25, -0.2) is 0 Å². The minimum absolute atomic E-state index is 0.0172. The standard InChI is InChI=1S/C11H20N2O2S/c1-10(2)7-13(5-6-15-10)9(14)11(3,4)8(12)16/h5-7H2,1-4H3,(H2,12,16). The molecule has 0 aromatic carbocycles. The first-order valence-electron chi connectivity index (χ1n) is 5.40. The first-order chi connectivity index (χ1) is 7.17. The molecule has 16 heavy (non-hydrogen) atoms. The molecule has 0 atom stereocenters. The Balaban J connectivity index is 2.79. The van der Waals surface area contributed by atoms with Crippen molar-refractivity contribution in [3.63, 3.8) is 0 Å². The fourth-order valence-electron chi connectivity index (χ4n) is 1.69. The molecular formula is C11H20N2O2S.